The SMILES string of the molecule is N#CC1(CC=O)CCCCC1. The fraction of sp³-hybridized carbons (Fsp3) is 0.778. The minimum atomic E-state index is -0.292. The van der Waals surface area contributed by atoms with Crippen LogP contribution in [0.5, 0.6) is 0 Å². The van der Waals surface area contributed by atoms with Gasteiger partial charge in [-0.3, -0.25) is 0 Å². The maximum Gasteiger partial charge on any atom is 0.121 e. The Bertz CT molecular complexity index is 174. The van der Waals surface area contributed by atoms with Gasteiger partial charge in [-0.15, -0.1) is 0 Å². The molecule has 2 nitrogen and oxygen atoms in total. The highest BCUT2D eigenvalue weighted by molar-refractivity contribution is 5.52. The molecule has 0 heterocycles. The van der Waals surface area contributed by atoms with Gasteiger partial charge in [0, 0.05) is 6.42 Å². The Hall–Kier alpha value is -0.840. The third kappa shape index (κ3) is 1.80. The first kappa shape index (κ1) is 8.26. The lowest BCUT2D eigenvalue weighted by Gasteiger charge is -2.28. The van der Waals surface area contributed by atoms with Crippen LogP contribution in [0.3, 0.4) is 0 Å². The van der Waals surface area contributed by atoms with Crippen molar-refractivity contribution in [2.24, 2.45) is 5.41 Å². The Balaban J connectivity index is 2.58. The van der Waals surface area contributed by atoms with Crippen LogP contribution < -0.4 is 0 Å². The zero-order chi connectivity index (χ0) is 8.16. The minimum absolute atomic E-state index is 0.292. The predicted octanol–water partition coefficient (Wildman–Crippen LogP) is 2.05. The lowest BCUT2D eigenvalue weighted by Crippen LogP contribution is -2.22. The van der Waals surface area contributed by atoms with Crippen molar-refractivity contribution in [2.45, 2.75) is 38.5 Å². The first-order valence-corrected chi connectivity index (χ1v) is 4.18. The molecule has 1 rings (SSSR count). The highest BCUT2D eigenvalue weighted by atomic mass is 16.1. The van der Waals surface area contributed by atoms with Crippen molar-refractivity contribution in [3.63, 3.8) is 0 Å². The van der Waals surface area contributed by atoms with Gasteiger partial charge in [-0.05, 0) is 12.8 Å². The van der Waals surface area contributed by atoms with E-state index < -0.39 is 0 Å². The molecule has 1 fully saturated rings. The van der Waals surface area contributed by atoms with Crippen LogP contribution in [0.15, 0.2) is 0 Å². The summed E-state index contributed by atoms with van der Waals surface area (Å²) in [5.41, 5.74) is -0.292. The molecule has 0 aromatic rings. The minimum Gasteiger partial charge on any atom is -0.303 e. The molecule has 0 radical (unpaired) electrons. The molecule has 0 amide bonds. The van der Waals surface area contributed by atoms with E-state index in [4.69, 9.17) is 5.26 Å². The Morgan fingerprint density at radius 3 is 2.45 bits per heavy atom. The molecule has 1 aliphatic carbocycles. The summed E-state index contributed by atoms with van der Waals surface area (Å²) in [4.78, 5) is 10.3. The molecule has 0 spiro atoms. The number of hydrogen-bond acceptors (Lipinski definition) is 2. The average molecular weight is 151 g/mol. The highest BCUT2D eigenvalue weighted by Crippen LogP contribution is 2.37. The summed E-state index contributed by atoms with van der Waals surface area (Å²) in [5, 5.41) is 8.86. The number of hydrogen-bond donors (Lipinski definition) is 0. The molecule has 0 atom stereocenters. The van der Waals surface area contributed by atoms with Crippen LogP contribution in [0, 0.1) is 16.7 Å². The van der Waals surface area contributed by atoms with Crippen LogP contribution in [0.2, 0.25) is 0 Å². The van der Waals surface area contributed by atoms with Crippen molar-refractivity contribution < 1.29 is 4.79 Å². The van der Waals surface area contributed by atoms with E-state index in [0.717, 1.165) is 32.0 Å². The van der Waals surface area contributed by atoms with Crippen LogP contribution >= 0.6 is 0 Å². The highest BCUT2D eigenvalue weighted by Gasteiger charge is 2.31. The Morgan fingerprint density at radius 1 is 1.36 bits per heavy atom. The van der Waals surface area contributed by atoms with Crippen LogP contribution in [0.25, 0.3) is 0 Å². The molecule has 11 heavy (non-hydrogen) atoms. The number of nitrogens with zero attached hydrogens (tertiary/aromatic N) is 1. The first-order valence-electron chi connectivity index (χ1n) is 4.18. The molecule has 0 N–H and O–H groups in total. The largest absolute Gasteiger partial charge is 0.303 e. The molecule has 0 aromatic heterocycles. The molecule has 0 aliphatic heterocycles. The van der Waals surface area contributed by atoms with Crippen molar-refractivity contribution in [2.75, 3.05) is 0 Å². The van der Waals surface area contributed by atoms with Crippen molar-refractivity contribution in [3.05, 3.63) is 0 Å². The van der Waals surface area contributed by atoms with E-state index in [0.29, 0.717) is 6.42 Å². The molecular weight excluding hydrogens is 138 g/mol. The van der Waals surface area contributed by atoms with Gasteiger partial charge in [0.05, 0.1) is 11.5 Å². The number of aldehydes is 1. The van der Waals surface area contributed by atoms with E-state index in [9.17, 15) is 4.79 Å². The molecule has 60 valence electrons. The molecule has 1 aliphatic rings. The van der Waals surface area contributed by atoms with Crippen LogP contribution in [0.1, 0.15) is 38.5 Å². The van der Waals surface area contributed by atoms with Crippen molar-refractivity contribution in [1.82, 2.24) is 0 Å². The lowest BCUT2D eigenvalue weighted by atomic mass is 9.73. The Morgan fingerprint density at radius 2 is 2.00 bits per heavy atom. The van der Waals surface area contributed by atoms with Gasteiger partial charge >= 0.3 is 0 Å². The van der Waals surface area contributed by atoms with Crippen molar-refractivity contribution in [1.29, 1.82) is 5.26 Å². The van der Waals surface area contributed by atoms with Crippen LogP contribution in [0.4, 0.5) is 0 Å². The predicted molar refractivity (Wildman–Crippen MR) is 41.8 cm³/mol. The zero-order valence-corrected chi connectivity index (χ0v) is 6.68. The Kier molecular flexibility index (Phi) is 2.64. The summed E-state index contributed by atoms with van der Waals surface area (Å²) < 4.78 is 0. The summed E-state index contributed by atoms with van der Waals surface area (Å²) in [5.74, 6) is 0. The van der Waals surface area contributed by atoms with Crippen LogP contribution in [-0.2, 0) is 4.79 Å². The summed E-state index contributed by atoms with van der Waals surface area (Å²) in [6.45, 7) is 0. The van der Waals surface area contributed by atoms with E-state index >= 15 is 0 Å². The zero-order valence-electron chi connectivity index (χ0n) is 6.68. The fourth-order valence-corrected chi connectivity index (χ4v) is 1.75. The Labute approximate surface area is 67.2 Å². The first-order chi connectivity index (χ1) is 5.33. The number of nitriles is 1. The summed E-state index contributed by atoms with van der Waals surface area (Å²) >= 11 is 0. The lowest BCUT2D eigenvalue weighted by molar-refractivity contribution is -0.109. The van der Waals surface area contributed by atoms with Gasteiger partial charge in [0.15, 0.2) is 0 Å². The van der Waals surface area contributed by atoms with E-state index in [1.54, 1.807) is 0 Å². The fourth-order valence-electron chi connectivity index (χ4n) is 1.75. The summed E-state index contributed by atoms with van der Waals surface area (Å²) in [7, 11) is 0. The van der Waals surface area contributed by atoms with Gasteiger partial charge in [0.25, 0.3) is 0 Å². The smallest absolute Gasteiger partial charge is 0.121 e. The quantitative estimate of drug-likeness (QED) is 0.567. The van der Waals surface area contributed by atoms with Gasteiger partial charge < -0.3 is 4.79 Å². The van der Waals surface area contributed by atoms with Gasteiger partial charge in [0.1, 0.15) is 6.29 Å². The van der Waals surface area contributed by atoms with E-state index in [1.807, 2.05) is 0 Å². The molecule has 2 heteroatoms. The van der Waals surface area contributed by atoms with Gasteiger partial charge in [-0.1, -0.05) is 19.3 Å². The molecule has 0 saturated heterocycles. The maximum atomic E-state index is 10.3. The van der Waals surface area contributed by atoms with Gasteiger partial charge in [0.2, 0.25) is 0 Å². The topological polar surface area (TPSA) is 40.9 Å². The van der Waals surface area contributed by atoms with E-state index in [1.165, 1.54) is 6.42 Å². The third-order valence-electron chi connectivity index (χ3n) is 2.52. The molecule has 0 unspecified atom stereocenters. The standard InChI is InChI=1S/C9H13NO/c10-8-9(6-7-11)4-2-1-3-5-9/h7H,1-6H2. The molecule has 0 aromatic carbocycles. The third-order valence-corrected chi connectivity index (χ3v) is 2.52. The summed E-state index contributed by atoms with van der Waals surface area (Å²) in [6.07, 6.45) is 6.60. The number of rotatable bonds is 2. The van der Waals surface area contributed by atoms with Crippen molar-refractivity contribution >= 4 is 6.29 Å². The monoisotopic (exact) mass is 151 g/mol. The molecular formula is C9H13NO. The number of carbonyl (C=O) groups is 1. The van der Waals surface area contributed by atoms with Gasteiger partial charge in [-0.2, -0.15) is 5.26 Å². The van der Waals surface area contributed by atoms with Crippen molar-refractivity contribution in [3.8, 4) is 6.07 Å². The second-order valence-electron chi connectivity index (χ2n) is 3.32. The molecule has 1 saturated carbocycles. The normalized spacial score (nSPS) is 22.1. The van der Waals surface area contributed by atoms with E-state index in [2.05, 4.69) is 6.07 Å². The molecule has 0 bridgehead atoms. The second-order valence-corrected chi connectivity index (χ2v) is 3.32. The maximum absolute atomic E-state index is 10.3. The van der Waals surface area contributed by atoms with Crippen LogP contribution in [-0.4, -0.2) is 6.29 Å². The van der Waals surface area contributed by atoms with Gasteiger partial charge in [-0.25, -0.2) is 0 Å². The summed E-state index contributed by atoms with van der Waals surface area (Å²) in [6, 6.07) is 2.29. The second kappa shape index (κ2) is 3.52. The van der Waals surface area contributed by atoms with E-state index in [-0.39, 0.29) is 5.41 Å². The average Bonchev–Trinajstić information content (AvgIpc) is 2.07. The number of carbonyl (C=O) groups excluding carboxylic acids is 1.